The highest BCUT2D eigenvalue weighted by Crippen LogP contribution is 2.31. The van der Waals surface area contributed by atoms with Gasteiger partial charge in [0.2, 0.25) is 0 Å². The minimum absolute atomic E-state index is 0.128. The number of thioether (sulfide) groups is 1. The molecule has 4 aromatic rings. The zero-order chi connectivity index (χ0) is 22.3. The molecular formula is C23H17BrClN5OS. The van der Waals surface area contributed by atoms with Crippen molar-refractivity contribution < 1.29 is 4.79 Å². The van der Waals surface area contributed by atoms with Gasteiger partial charge in [-0.2, -0.15) is 5.10 Å². The Morgan fingerprint density at radius 2 is 1.84 bits per heavy atom. The molecule has 0 fully saturated rings. The van der Waals surface area contributed by atoms with Crippen LogP contribution in [-0.4, -0.2) is 32.6 Å². The van der Waals surface area contributed by atoms with Crippen LogP contribution in [0.4, 0.5) is 0 Å². The van der Waals surface area contributed by atoms with Crippen molar-refractivity contribution in [3.05, 3.63) is 93.9 Å². The minimum atomic E-state index is -0.247. The lowest BCUT2D eigenvalue weighted by atomic mass is 10.2. The highest BCUT2D eigenvalue weighted by Gasteiger charge is 2.18. The van der Waals surface area contributed by atoms with Gasteiger partial charge >= 0.3 is 0 Å². The van der Waals surface area contributed by atoms with Crippen LogP contribution < -0.4 is 5.43 Å². The molecule has 32 heavy (non-hydrogen) atoms. The summed E-state index contributed by atoms with van der Waals surface area (Å²) in [5, 5.41) is 13.8. The molecule has 0 unspecified atom stereocenters. The van der Waals surface area contributed by atoms with Gasteiger partial charge in [-0.15, -0.1) is 10.2 Å². The molecule has 0 saturated heterocycles. The summed E-state index contributed by atoms with van der Waals surface area (Å²) in [6.07, 6.45) is 1.59. The zero-order valence-corrected chi connectivity index (χ0v) is 19.8. The average Bonchev–Trinajstić information content (AvgIpc) is 3.22. The van der Waals surface area contributed by atoms with E-state index in [-0.39, 0.29) is 11.7 Å². The number of amides is 1. The second-order valence-electron chi connectivity index (χ2n) is 6.59. The van der Waals surface area contributed by atoms with Crippen LogP contribution in [0.25, 0.3) is 17.1 Å². The van der Waals surface area contributed by atoms with Crippen LogP contribution in [0.1, 0.15) is 5.56 Å². The number of carbonyl (C=O) groups excluding carboxylic acids is 1. The van der Waals surface area contributed by atoms with Gasteiger partial charge in [0.05, 0.1) is 17.0 Å². The predicted molar refractivity (Wildman–Crippen MR) is 132 cm³/mol. The molecule has 0 spiro atoms. The second-order valence-corrected chi connectivity index (χ2v) is 8.86. The maximum atomic E-state index is 12.3. The molecule has 1 N–H and O–H groups in total. The Balaban J connectivity index is 1.51. The van der Waals surface area contributed by atoms with Crippen molar-refractivity contribution >= 4 is 51.4 Å². The number of aromatic nitrogens is 3. The Kier molecular flexibility index (Phi) is 7.36. The first-order chi connectivity index (χ1) is 15.6. The normalized spacial score (nSPS) is 11.1. The largest absolute Gasteiger partial charge is 0.272 e. The standard InChI is InChI=1S/C23H17BrClN5OS/c24-17-8-6-7-16(13-17)14-26-27-21(31)15-32-23-29-28-22(19-11-4-5-12-20(19)25)30(23)18-9-2-1-3-10-18/h1-14H,15H2,(H,27,31)/b26-14-. The van der Waals surface area contributed by atoms with Crippen molar-refractivity contribution in [1.29, 1.82) is 0 Å². The van der Waals surface area contributed by atoms with E-state index in [0.29, 0.717) is 16.0 Å². The zero-order valence-electron chi connectivity index (χ0n) is 16.7. The van der Waals surface area contributed by atoms with Gasteiger partial charge in [0.15, 0.2) is 11.0 Å². The Morgan fingerprint density at radius 3 is 2.62 bits per heavy atom. The second kappa shape index (κ2) is 10.6. The Morgan fingerprint density at radius 1 is 1.06 bits per heavy atom. The van der Waals surface area contributed by atoms with Crippen molar-refractivity contribution in [2.75, 3.05) is 5.75 Å². The molecule has 160 valence electrons. The van der Waals surface area contributed by atoms with E-state index in [9.17, 15) is 4.79 Å². The maximum absolute atomic E-state index is 12.3. The highest BCUT2D eigenvalue weighted by molar-refractivity contribution is 9.10. The van der Waals surface area contributed by atoms with Crippen LogP contribution in [0.3, 0.4) is 0 Å². The molecule has 4 rings (SSSR count). The highest BCUT2D eigenvalue weighted by atomic mass is 79.9. The molecular weight excluding hydrogens is 510 g/mol. The lowest BCUT2D eigenvalue weighted by molar-refractivity contribution is -0.118. The van der Waals surface area contributed by atoms with Crippen molar-refractivity contribution in [1.82, 2.24) is 20.2 Å². The van der Waals surface area contributed by atoms with E-state index >= 15 is 0 Å². The van der Waals surface area contributed by atoms with Crippen molar-refractivity contribution in [2.45, 2.75) is 5.16 Å². The van der Waals surface area contributed by atoms with E-state index in [2.05, 4.69) is 36.7 Å². The summed E-state index contributed by atoms with van der Waals surface area (Å²) in [7, 11) is 0. The van der Waals surface area contributed by atoms with E-state index in [4.69, 9.17) is 11.6 Å². The third-order valence-corrected chi connectivity index (χ3v) is 6.10. The molecule has 0 saturated carbocycles. The molecule has 9 heteroatoms. The third kappa shape index (κ3) is 5.45. The third-order valence-electron chi connectivity index (χ3n) is 4.35. The van der Waals surface area contributed by atoms with E-state index in [1.165, 1.54) is 11.8 Å². The summed E-state index contributed by atoms with van der Waals surface area (Å²) in [4.78, 5) is 12.3. The fourth-order valence-electron chi connectivity index (χ4n) is 2.92. The number of hydrogen-bond donors (Lipinski definition) is 1. The number of hydrogen-bond acceptors (Lipinski definition) is 5. The molecule has 1 heterocycles. The number of carbonyl (C=O) groups is 1. The Hall–Kier alpha value is -2.94. The summed E-state index contributed by atoms with van der Waals surface area (Å²) >= 11 is 11.1. The summed E-state index contributed by atoms with van der Waals surface area (Å²) in [6.45, 7) is 0. The van der Waals surface area contributed by atoms with Crippen molar-refractivity contribution in [2.24, 2.45) is 5.10 Å². The topological polar surface area (TPSA) is 72.2 Å². The van der Waals surface area contributed by atoms with Crippen LogP contribution in [0.2, 0.25) is 5.02 Å². The minimum Gasteiger partial charge on any atom is -0.272 e. The van der Waals surface area contributed by atoms with E-state index in [1.54, 1.807) is 6.21 Å². The van der Waals surface area contributed by atoms with Gasteiger partial charge in [0.25, 0.3) is 5.91 Å². The van der Waals surface area contributed by atoms with Gasteiger partial charge in [-0.3, -0.25) is 9.36 Å². The quantitative estimate of drug-likeness (QED) is 0.193. The van der Waals surface area contributed by atoms with Crippen LogP contribution in [0, 0.1) is 0 Å². The fourth-order valence-corrected chi connectivity index (χ4v) is 4.30. The van der Waals surface area contributed by atoms with Crippen molar-refractivity contribution in [3.63, 3.8) is 0 Å². The van der Waals surface area contributed by atoms with Gasteiger partial charge in [-0.25, -0.2) is 5.43 Å². The first-order valence-electron chi connectivity index (χ1n) is 9.58. The monoisotopic (exact) mass is 525 g/mol. The number of rotatable bonds is 7. The molecule has 0 aliphatic carbocycles. The molecule has 0 aliphatic heterocycles. The smallest absolute Gasteiger partial charge is 0.250 e. The molecule has 0 bridgehead atoms. The number of nitrogens with zero attached hydrogens (tertiary/aromatic N) is 4. The van der Waals surface area contributed by atoms with Gasteiger partial charge < -0.3 is 0 Å². The van der Waals surface area contributed by atoms with Crippen LogP contribution >= 0.6 is 39.3 Å². The Labute approximate surface area is 202 Å². The van der Waals surface area contributed by atoms with Crippen LogP contribution in [0.15, 0.2) is 93.6 Å². The van der Waals surface area contributed by atoms with Gasteiger partial charge in [-0.05, 0) is 42.0 Å². The van der Waals surface area contributed by atoms with Crippen LogP contribution in [-0.2, 0) is 4.79 Å². The summed E-state index contributed by atoms with van der Waals surface area (Å²) < 4.78 is 2.84. The molecule has 1 amide bonds. The predicted octanol–water partition coefficient (Wildman–Crippen LogP) is 5.59. The van der Waals surface area contributed by atoms with E-state index in [0.717, 1.165) is 21.3 Å². The van der Waals surface area contributed by atoms with Gasteiger partial charge in [0, 0.05) is 15.7 Å². The van der Waals surface area contributed by atoms with E-state index in [1.807, 2.05) is 83.4 Å². The number of benzene rings is 3. The fraction of sp³-hybridized carbons (Fsp3) is 0.0435. The SMILES string of the molecule is O=C(CSc1nnc(-c2ccccc2Cl)n1-c1ccccc1)N/N=C\c1cccc(Br)c1. The number of hydrazone groups is 1. The molecule has 6 nitrogen and oxygen atoms in total. The molecule has 1 aromatic heterocycles. The molecule has 0 atom stereocenters. The van der Waals surface area contributed by atoms with Gasteiger partial charge in [0.1, 0.15) is 0 Å². The van der Waals surface area contributed by atoms with E-state index < -0.39 is 0 Å². The lowest BCUT2D eigenvalue weighted by Gasteiger charge is -2.11. The lowest BCUT2D eigenvalue weighted by Crippen LogP contribution is -2.20. The number of para-hydroxylation sites is 1. The molecule has 0 aliphatic rings. The Bertz CT molecular complexity index is 1260. The van der Waals surface area contributed by atoms with Crippen molar-refractivity contribution in [3.8, 4) is 17.1 Å². The first-order valence-corrected chi connectivity index (χ1v) is 11.7. The number of halogens is 2. The molecule has 0 radical (unpaired) electrons. The molecule has 3 aromatic carbocycles. The van der Waals surface area contributed by atoms with Crippen LogP contribution in [0.5, 0.6) is 0 Å². The summed E-state index contributed by atoms with van der Waals surface area (Å²) in [5.74, 6) is 0.490. The maximum Gasteiger partial charge on any atom is 0.250 e. The van der Waals surface area contributed by atoms with Gasteiger partial charge in [-0.1, -0.05) is 81.8 Å². The summed E-state index contributed by atoms with van der Waals surface area (Å²) in [5.41, 5.74) is 5.06. The number of nitrogens with one attached hydrogen (secondary N) is 1. The average molecular weight is 527 g/mol. The summed E-state index contributed by atoms with van der Waals surface area (Å²) in [6, 6.07) is 24.8. The first kappa shape index (κ1) is 22.3.